The number of fused-ring (bicyclic) bond motifs is 1. The van der Waals surface area contributed by atoms with Gasteiger partial charge in [0.15, 0.2) is 0 Å². The van der Waals surface area contributed by atoms with Gasteiger partial charge in [0.25, 0.3) is 0 Å². The van der Waals surface area contributed by atoms with E-state index < -0.39 is 10.0 Å². The minimum absolute atomic E-state index is 0.179. The quantitative estimate of drug-likeness (QED) is 0.868. The van der Waals surface area contributed by atoms with Crippen LogP contribution in [0.25, 0.3) is 0 Å². The van der Waals surface area contributed by atoms with Gasteiger partial charge in [-0.2, -0.15) is 4.31 Å². The van der Waals surface area contributed by atoms with Crippen molar-refractivity contribution in [2.75, 3.05) is 32.1 Å². The highest BCUT2D eigenvalue weighted by Crippen LogP contribution is 2.27. The van der Waals surface area contributed by atoms with Crippen LogP contribution in [0.1, 0.15) is 19.4 Å². The van der Waals surface area contributed by atoms with Gasteiger partial charge in [0.2, 0.25) is 10.0 Å². The summed E-state index contributed by atoms with van der Waals surface area (Å²) in [6.45, 7) is 5.40. The van der Waals surface area contributed by atoms with Crippen LogP contribution in [0.2, 0.25) is 0 Å². The summed E-state index contributed by atoms with van der Waals surface area (Å²) in [4.78, 5) is 0.366. The molecule has 0 radical (unpaired) electrons. The van der Waals surface area contributed by atoms with E-state index >= 15 is 0 Å². The van der Waals surface area contributed by atoms with Crippen LogP contribution in [0, 0.1) is 0 Å². The first-order valence-electron chi connectivity index (χ1n) is 6.88. The molecular weight excluding hydrogens is 276 g/mol. The molecule has 112 valence electrons. The molecule has 2 rings (SSSR count). The van der Waals surface area contributed by atoms with Crippen LogP contribution in [0.5, 0.6) is 0 Å². The number of ether oxygens (including phenoxy) is 1. The number of hydrogen-bond donors (Lipinski definition) is 1. The Morgan fingerprint density at radius 2 is 2.20 bits per heavy atom. The molecular formula is C14H22N2O3S. The van der Waals surface area contributed by atoms with Crippen LogP contribution >= 0.6 is 0 Å². The molecule has 20 heavy (non-hydrogen) atoms. The Morgan fingerprint density at radius 1 is 1.45 bits per heavy atom. The molecule has 0 saturated heterocycles. The van der Waals surface area contributed by atoms with Gasteiger partial charge in [-0.05, 0) is 37.1 Å². The highest BCUT2D eigenvalue weighted by Gasteiger charge is 2.28. The van der Waals surface area contributed by atoms with Crippen molar-refractivity contribution in [3.05, 3.63) is 23.8 Å². The van der Waals surface area contributed by atoms with Gasteiger partial charge in [-0.15, -0.1) is 0 Å². The van der Waals surface area contributed by atoms with Crippen molar-refractivity contribution in [2.24, 2.45) is 0 Å². The molecule has 0 aliphatic carbocycles. The molecule has 1 aromatic rings. The number of nitrogens with zero attached hydrogens (tertiary/aromatic N) is 1. The maximum Gasteiger partial charge on any atom is 0.243 e. The summed E-state index contributed by atoms with van der Waals surface area (Å²) >= 11 is 0. The predicted octanol–water partition coefficient (Wildman–Crippen LogP) is 1.70. The molecule has 1 aromatic carbocycles. The molecule has 1 aliphatic rings. The average Bonchev–Trinajstić information content (AvgIpc) is 2.86. The lowest BCUT2D eigenvalue weighted by atomic mass is 10.2. The second kappa shape index (κ2) is 6.11. The molecule has 1 N–H and O–H groups in total. The van der Waals surface area contributed by atoms with Crippen LogP contribution in [-0.2, 0) is 21.2 Å². The van der Waals surface area contributed by atoms with Crippen LogP contribution in [-0.4, -0.2) is 45.6 Å². The van der Waals surface area contributed by atoms with E-state index in [-0.39, 0.29) is 6.04 Å². The molecule has 0 bridgehead atoms. The Balaban J connectivity index is 2.33. The molecule has 1 aliphatic heterocycles. The van der Waals surface area contributed by atoms with Gasteiger partial charge < -0.3 is 10.1 Å². The average molecular weight is 298 g/mol. The number of rotatable bonds is 6. The number of nitrogens with one attached hydrogen (secondary N) is 1. The van der Waals surface area contributed by atoms with Gasteiger partial charge in [0.05, 0.1) is 11.5 Å². The van der Waals surface area contributed by atoms with E-state index in [1.54, 1.807) is 19.2 Å². The van der Waals surface area contributed by atoms with Gasteiger partial charge in [0.1, 0.15) is 0 Å². The lowest BCUT2D eigenvalue weighted by molar-refractivity contribution is 0.142. The smallest absolute Gasteiger partial charge is 0.243 e. The maximum atomic E-state index is 12.7. The second-order valence-electron chi connectivity index (χ2n) is 5.01. The van der Waals surface area contributed by atoms with Crippen molar-refractivity contribution in [3.63, 3.8) is 0 Å². The van der Waals surface area contributed by atoms with Gasteiger partial charge >= 0.3 is 0 Å². The van der Waals surface area contributed by atoms with E-state index in [1.807, 2.05) is 19.9 Å². The monoisotopic (exact) mass is 298 g/mol. The number of anilines is 1. The van der Waals surface area contributed by atoms with Gasteiger partial charge in [-0.25, -0.2) is 8.42 Å². The van der Waals surface area contributed by atoms with Crippen LogP contribution in [0.4, 0.5) is 5.69 Å². The summed E-state index contributed by atoms with van der Waals surface area (Å²) in [5.41, 5.74) is 2.11. The highest BCUT2D eigenvalue weighted by atomic mass is 32.2. The standard InChI is InChI=1S/C14H22N2O3S/c1-4-16(11(2)10-19-3)20(17,18)13-5-6-14-12(9-13)7-8-15-14/h5-6,9,11,15H,4,7-8,10H2,1-3H3. The minimum Gasteiger partial charge on any atom is -0.384 e. The van der Waals surface area contributed by atoms with Crippen molar-refractivity contribution >= 4 is 15.7 Å². The first-order valence-corrected chi connectivity index (χ1v) is 8.32. The molecule has 1 heterocycles. The van der Waals surface area contributed by atoms with Crippen molar-refractivity contribution in [3.8, 4) is 0 Å². The zero-order chi connectivity index (χ0) is 14.8. The molecule has 6 heteroatoms. The Kier molecular flexibility index (Phi) is 4.67. The number of benzene rings is 1. The third-order valence-corrected chi connectivity index (χ3v) is 5.69. The second-order valence-corrected chi connectivity index (χ2v) is 6.90. The number of sulfonamides is 1. The van der Waals surface area contributed by atoms with E-state index in [4.69, 9.17) is 4.74 Å². The summed E-state index contributed by atoms with van der Waals surface area (Å²) < 4.78 is 32.0. The summed E-state index contributed by atoms with van der Waals surface area (Å²) in [6.07, 6.45) is 0.873. The summed E-state index contributed by atoms with van der Waals surface area (Å²) in [5.74, 6) is 0. The van der Waals surface area contributed by atoms with Crippen LogP contribution in [0.15, 0.2) is 23.1 Å². The lowest BCUT2D eigenvalue weighted by Gasteiger charge is -2.26. The molecule has 0 fully saturated rings. The molecule has 0 amide bonds. The largest absolute Gasteiger partial charge is 0.384 e. The fourth-order valence-electron chi connectivity index (χ4n) is 2.62. The molecule has 5 nitrogen and oxygen atoms in total. The Hall–Kier alpha value is -1.11. The zero-order valence-electron chi connectivity index (χ0n) is 12.2. The van der Waals surface area contributed by atoms with E-state index in [1.165, 1.54) is 4.31 Å². The molecule has 1 unspecified atom stereocenters. The van der Waals surface area contributed by atoms with Gasteiger partial charge in [0, 0.05) is 31.9 Å². The highest BCUT2D eigenvalue weighted by molar-refractivity contribution is 7.89. The normalized spacial score (nSPS) is 16.0. The van der Waals surface area contributed by atoms with E-state index in [9.17, 15) is 8.42 Å². The first kappa shape index (κ1) is 15.3. The molecule has 0 aromatic heterocycles. The minimum atomic E-state index is -3.47. The number of hydrogen-bond acceptors (Lipinski definition) is 4. The van der Waals surface area contributed by atoms with E-state index in [0.717, 1.165) is 24.2 Å². The van der Waals surface area contributed by atoms with Crippen molar-refractivity contribution in [1.29, 1.82) is 0 Å². The van der Waals surface area contributed by atoms with Gasteiger partial charge in [-0.3, -0.25) is 0 Å². The predicted molar refractivity (Wildman–Crippen MR) is 79.5 cm³/mol. The molecule has 1 atom stereocenters. The maximum absolute atomic E-state index is 12.7. The summed E-state index contributed by atoms with van der Waals surface area (Å²) in [7, 11) is -1.89. The zero-order valence-corrected chi connectivity index (χ0v) is 13.0. The SMILES string of the molecule is CCN(C(C)COC)S(=O)(=O)c1ccc2c(c1)CCN2. The Morgan fingerprint density at radius 3 is 2.85 bits per heavy atom. The van der Waals surface area contributed by atoms with Crippen molar-refractivity contribution in [2.45, 2.75) is 31.2 Å². The summed E-state index contributed by atoms with van der Waals surface area (Å²) in [6, 6.07) is 5.13. The fourth-order valence-corrected chi connectivity index (χ4v) is 4.30. The third kappa shape index (κ3) is 2.82. The van der Waals surface area contributed by atoms with E-state index in [2.05, 4.69) is 5.32 Å². The summed E-state index contributed by atoms with van der Waals surface area (Å²) in [5, 5.41) is 3.24. The number of methoxy groups -OCH3 is 1. The topological polar surface area (TPSA) is 58.6 Å². The van der Waals surface area contributed by atoms with Crippen LogP contribution in [0.3, 0.4) is 0 Å². The van der Waals surface area contributed by atoms with Crippen molar-refractivity contribution < 1.29 is 13.2 Å². The fraction of sp³-hybridized carbons (Fsp3) is 0.571. The lowest BCUT2D eigenvalue weighted by Crippen LogP contribution is -2.40. The first-order chi connectivity index (χ1) is 9.50. The third-order valence-electron chi connectivity index (χ3n) is 3.60. The van der Waals surface area contributed by atoms with E-state index in [0.29, 0.717) is 18.0 Å². The van der Waals surface area contributed by atoms with Crippen LogP contribution < -0.4 is 5.32 Å². The number of likely N-dealkylation sites (N-methyl/N-ethyl adjacent to an activating group) is 1. The molecule has 0 saturated carbocycles. The Bertz CT molecular complexity index is 572. The molecule has 0 spiro atoms. The van der Waals surface area contributed by atoms with Gasteiger partial charge in [-0.1, -0.05) is 6.92 Å². The van der Waals surface area contributed by atoms with Crippen molar-refractivity contribution in [1.82, 2.24) is 4.31 Å². The Labute approximate surface area is 121 Å².